The Labute approximate surface area is 195 Å². The van der Waals surface area contributed by atoms with Crippen molar-refractivity contribution in [3.8, 4) is 0 Å². The molecule has 0 spiro atoms. The quantitative estimate of drug-likeness (QED) is 0.449. The van der Waals surface area contributed by atoms with Crippen LogP contribution in [0, 0.1) is 6.92 Å². The van der Waals surface area contributed by atoms with E-state index < -0.39 is 6.04 Å². The molecule has 2 aromatic heterocycles. The van der Waals surface area contributed by atoms with Crippen LogP contribution in [0.15, 0.2) is 78.6 Å². The zero-order chi connectivity index (χ0) is 22.3. The van der Waals surface area contributed by atoms with Gasteiger partial charge in [0.1, 0.15) is 6.04 Å². The maximum absolute atomic E-state index is 13.9. The van der Waals surface area contributed by atoms with Crippen LogP contribution in [0.25, 0.3) is 0 Å². The number of hydrogen-bond acceptors (Lipinski definition) is 4. The molecule has 1 N–H and O–H groups in total. The van der Waals surface area contributed by atoms with Crippen LogP contribution < -0.4 is 10.2 Å². The van der Waals surface area contributed by atoms with Crippen LogP contribution >= 0.6 is 11.3 Å². The van der Waals surface area contributed by atoms with Crippen LogP contribution in [0.5, 0.6) is 0 Å². The van der Waals surface area contributed by atoms with Gasteiger partial charge in [0, 0.05) is 29.2 Å². The third kappa shape index (κ3) is 5.28. The molecule has 1 unspecified atom stereocenters. The van der Waals surface area contributed by atoms with Crippen LogP contribution in [0.3, 0.4) is 0 Å². The number of carbonyl (C=O) groups excluding carboxylic acids is 1. The number of nitrogens with one attached hydrogen (secondary N) is 1. The van der Waals surface area contributed by atoms with E-state index in [0.717, 1.165) is 35.4 Å². The Kier molecular flexibility index (Phi) is 7.38. The fraction of sp³-hybridized carbons (Fsp3) is 0.333. The first-order valence-electron chi connectivity index (χ1n) is 11.4. The average molecular weight is 446 g/mol. The first-order chi connectivity index (χ1) is 15.6. The lowest BCUT2D eigenvalue weighted by molar-refractivity contribution is -0.123. The summed E-state index contributed by atoms with van der Waals surface area (Å²) >= 11 is 1.71. The van der Waals surface area contributed by atoms with Gasteiger partial charge in [-0.05, 0) is 54.5 Å². The lowest BCUT2D eigenvalue weighted by Gasteiger charge is -2.36. The second kappa shape index (κ2) is 10.6. The smallest absolute Gasteiger partial charge is 0.247 e. The van der Waals surface area contributed by atoms with E-state index in [2.05, 4.69) is 58.3 Å². The Hall–Kier alpha value is -2.92. The highest BCUT2D eigenvalue weighted by Gasteiger charge is 2.32. The second-order valence-corrected chi connectivity index (χ2v) is 9.54. The third-order valence-corrected chi connectivity index (χ3v) is 7.04. The molecule has 5 heteroatoms. The Morgan fingerprint density at radius 1 is 1.16 bits per heavy atom. The van der Waals surface area contributed by atoms with Gasteiger partial charge < -0.3 is 10.2 Å². The van der Waals surface area contributed by atoms with Crippen LogP contribution in [-0.4, -0.2) is 16.9 Å². The van der Waals surface area contributed by atoms with E-state index in [1.165, 1.54) is 24.1 Å². The fourth-order valence-electron chi connectivity index (χ4n) is 4.53. The van der Waals surface area contributed by atoms with Gasteiger partial charge in [-0.1, -0.05) is 56.2 Å². The van der Waals surface area contributed by atoms with Gasteiger partial charge in [-0.3, -0.25) is 9.78 Å². The highest BCUT2D eigenvalue weighted by Crippen LogP contribution is 2.34. The van der Waals surface area contributed by atoms with Crippen molar-refractivity contribution in [3.63, 3.8) is 0 Å². The number of pyridine rings is 1. The summed E-state index contributed by atoms with van der Waals surface area (Å²) < 4.78 is 0. The first-order valence-corrected chi connectivity index (χ1v) is 12.3. The number of carbonyl (C=O) groups is 1. The van der Waals surface area contributed by atoms with Crippen LogP contribution in [0.4, 0.5) is 5.69 Å². The number of rotatable bonds is 8. The molecular weight excluding hydrogens is 414 g/mol. The van der Waals surface area contributed by atoms with Crippen molar-refractivity contribution >= 4 is 22.9 Å². The molecular formula is C27H31N3OS. The van der Waals surface area contributed by atoms with Gasteiger partial charge in [-0.2, -0.15) is 0 Å². The van der Waals surface area contributed by atoms with Gasteiger partial charge in [-0.15, -0.1) is 11.3 Å². The Morgan fingerprint density at radius 3 is 2.66 bits per heavy atom. The Balaban J connectivity index is 1.74. The summed E-state index contributed by atoms with van der Waals surface area (Å²) in [7, 11) is 0. The maximum Gasteiger partial charge on any atom is 0.247 e. The number of aromatic nitrogens is 1. The number of nitrogens with zero attached hydrogens (tertiary/aromatic N) is 2. The number of anilines is 1. The summed E-state index contributed by atoms with van der Waals surface area (Å²) in [5.74, 6) is 0.0300. The average Bonchev–Trinajstić information content (AvgIpc) is 3.32. The predicted molar refractivity (Wildman–Crippen MR) is 133 cm³/mol. The standard InChI is InChI=1S/C27H31N3OS/c1-20-10-6-7-15-25(20)26(27(31)29-22-11-4-3-5-12-22)30(23-13-8-16-28-19-23)21(2)18-24-14-9-17-32-24/h6-10,13-17,19,22,26H,2-5,11-12,18H2,1H3,(H,29,31). The van der Waals surface area contributed by atoms with E-state index in [0.29, 0.717) is 6.42 Å². The number of benzene rings is 1. The molecule has 166 valence electrons. The van der Waals surface area contributed by atoms with Crippen molar-refractivity contribution < 1.29 is 4.79 Å². The number of amides is 1. The topological polar surface area (TPSA) is 45.2 Å². The summed E-state index contributed by atoms with van der Waals surface area (Å²) in [5.41, 5.74) is 3.85. The second-order valence-electron chi connectivity index (χ2n) is 8.51. The van der Waals surface area contributed by atoms with Crippen molar-refractivity contribution in [3.05, 3.63) is 94.6 Å². The Morgan fingerprint density at radius 2 is 1.97 bits per heavy atom. The van der Waals surface area contributed by atoms with Crippen molar-refractivity contribution in [2.24, 2.45) is 0 Å². The molecule has 2 heterocycles. The zero-order valence-electron chi connectivity index (χ0n) is 18.7. The van der Waals surface area contributed by atoms with Gasteiger partial charge in [-0.25, -0.2) is 0 Å². The number of thiophene rings is 1. The molecule has 1 aliphatic rings. The monoisotopic (exact) mass is 445 g/mol. The summed E-state index contributed by atoms with van der Waals surface area (Å²) in [6.45, 7) is 6.51. The van der Waals surface area contributed by atoms with E-state index in [1.54, 1.807) is 17.5 Å². The minimum absolute atomic E-state index is 0.0300. The van der Waals surface area contributed by atoms with E-state index in [-0.39, 0.29) is 11.9 Å². The van der Waals surface area contributed by atoms with Gasteiger partial charge >= 0.3 is 0 Å². The minimum atomic E-state index is -0.505. The van der Waals surface area contributed by atoms with Crippen LogP contribution in [0.1, 0.15) is 54.1 Å². The maximum atomic E-state index is 13.9. The molecule has 0 radical (unpaired) electrons. The lowest BCUT2D eigenvalue weighted by atomic mass is 9.93. The zero-order valence-corrected chi connectivity index (χ0v) is 19.5. The summed E-state index contributed by atoms with van der Waals surface area (Å²) in [4.78, 5) is 21.5. The van der Waals surface area contributed by atoms with Crippen molar-refractivity contribution in [2.75, 3.05) is 4.90 Å². The van der Waals surface area contributed by atoms with Crippen LogP contribution in [-0.2, 0) is 11.2 Å². The van der Waals surface area contributed by atoms with Gasteiger partial charge in [0.05, 0.1) is 11.9 Å². The normalized spacial score (nSPS) is 15.2. The first kappa shape index (κ1) is 22.3. The van der Waals surface area contributed by atoms with Crippen molar-refractivity contribution in [2.45, 2.75) is 57.5 Å². The van der Waals surface area contributed by atoms with Crippen molar-refractivity contribution in [1.82, 2.24) is 10.3 Å². The fourth-order valence-corrected chi connectivity index (χ4v) is 5.27. The van der Waals surface area contributed by atoms with E-state index >= 15 is 0 Å². The van der Waals surface area contributed by atoms with E-state index in [4.69, 9.17) is 0 Å². The molecule has 4 nitrogen and oxygen atoms in total. The highest BCUT2D eigenvalue weighted by molar-refractivity contribution is 7.09. The summed E-state index contributed by atoms with van der Waals surface area (Å²) in [5, 5.41) is 5.44. The highest BCUT2D eigenvalue weighted by atomic mass is 32.1. The molecule has 1 aliphatic carbocycles. The van der Waals surface area contributed by atoms with Gasteiger partial charge in [0.25, 0.3) is 0 Å². The molecule has 1 aromatic carbocycles. The molecule has 32 heavy (non-hydrogen) atoms. The molecule has 0 saturated heterocycles. The van der Waals surface area contributed by atoms with E-state index in [9.17, 15) is 4.79 Å². The SMILES string of the molecule is C=C(Cc1cccs1)N(c1cccnc1)C(C(=O)NC1CCCCC1)c1ccccc1C. The third-order valence-electron chi connectivity index (χ3n) is 6.16. The largest absolute Gasteiger partial charge is 0.351 e. The molecule has 1 saturated carbocycles. The molecule has 0 bridgehead atoms. The molecule has 0 aliphatic heterocycles. The van der Waals surface area contributed by atoms with E-state index in [1.807, 2.05) is 30.5 Å². The number of allylic oxidation sites excluding steroid dienone is 1. The Bertz CT molecular complexity index is 1030. The number of aryl methyl sites for hydroxylation is 1. The van der Waals surface area contributed by atoms with Gasteiger partial charge in [0.15, 0.2) is 0 Å². The van der Waals surface area contributed by atoms with Gasteiger partial charge in [0.2, 0.25) is 5.91 Å². The molecule has 4 rings (SSSR count). The van der Waals surface area contributed by atoms with Crippen molar-refractivity contribution in [1.29, 1.82) is 0 Å². The predicted octanol–water partition coefficient (Wildman–Crippen LogP) is 6.20. The summed E-state index contributed by atoms with van der Waals surface area (Å²) in [6.07, 6.45) is 9.98. The molecule has 1 amide bonds. The molecule has 3 aromatic rings. The molecule has 1 fully saturated rings. The molecule has 1 atom stereocenters. The minimum Gasteiger partial charge on any atom is -0.351 e. The summed E-state index contributed by atoms with van der Waals surface area (Å²) in [6, 6.07) is 16.0. The van der Waals surface area contributed by atoms with Crippen LogP contribution in [0.2, 0.25) is 0 Å². The lowest BCUT2D eigenvalue weighted by Crippen LogP contribution is -2.45. The number of hydrogen-bond donors (Lipinski definition) is 1.